The number of carboxylic acids is 1. The zero-order chi connectivity index (χ0) is 13.0. The van der Waals surface area contributed by atoms with Gasteiger partial charge < -0.3 is 15.5 Å². The van der Waals surface area contributed by atoms with Crippen molar-refractivity contribution >= 4 is 11.7 Å². The van der Waals surface area contributed by atoms with Crippen molar-refractivity contribution in [2.24, 2.45) is 0 Å². The molecule has 5 heteroatoms. The molecule has 5 nitrogen and oxygen atoms in total. The fourth-order valence-electron chi connectivity index (χ4n) is 1.51. The van der Waals surface area contributed by atoms with E-state index in [1.165, 1.54) is 12.1 Å². The van der Waals surface area contributed by atoms with E-state index in [4.69, 9.17) is 5.11 Å². The monoisotopic (exact) mass is 244 g/mol. The first-order valence-corrected chi connectivity index (χ1v) is 5.37. The van der Waals surface area contributed by atoms with Crippen LogP contribution in [0.25, 0.3) is 0 Å². The summed E-state index contributed by atoms with van der Waals surface area (Å²) in [5.41, 5.74) is 1.35. The molecule has 0 saturated heterocycles. The van der Waals surface area contributed by atoms with E-state index in [0.29, 0.717) is 12.2 Å². The van der Waals surface area contributed by atoms with Crippen LogP contribution < -0.4 is 5.32 Å². The number of nitrogens with zero attached hydrogens (tertiary/aromatic N) is 1. The van der Waals surface area contributed by atoms with E-state index in [9.17, 15) is 9.90 Å². The minimum absolute atomic E-state index is 0.124. The van der Waals surface area contributed by atoms with Crippen molar-refractivity contribution in [2.45, 2.75) is 6.54 Å². The van der Waals surface area contributed by atoms with Crippen molar-refractivity contribution in [2.75, 3.05) is 5.32 Å². The molecule has 1 aromatic heterocycles. The highest BCUT2D eigenvalue weighted by atomic mass is 16.4. The first-order valence-electron chi connectivity index (χ1n) is 5.37. The van der Waals surface area contributed by atoms with Gasteiger partial charge in [0.15, 0.2) is 0 Å². The Hall–Kier alpha value is -2.56. The lowest BCUT2D eigenvalue weighted by Gasteiger charge is -2.07. The topological polar surface area (TPSA) is 82.5 Å². The predicted molar refractivity (Wildman–Crippen MR) is 66.6 cm³/mol. The zero-order valence-corrected chi connectivity index (χ0v) is 9.50. The number of carbonyl (C=O) groups is 1. The van der Waals surface area contributed by atoms with E-state index in [-0.39, 0.29) is 11.3 Å². The fraction of sp³-hybridized carbons (Fsp3) is 0.0769. The third-order valence-corrected chi connectivity index (χ3v) is 2.43. The molecule has 0 atom stereocenters. The number of phenols is 1. The van der Waals surface area contributed by atoms with E-state index in [1.807, 2.05) is 18.2 Å². The van der Waals surface area contributed by atoms with Crippen molar-refractivity contribution in [3.8, 4) is 5.75 Å². The quantitative estimate of drug-likeness (QED) is 0.717. The van der Waals surface area contributed by atoms with Gasteiger partial charge in [0, 0.05) is 11.9 Å². The van der Waals surface area contributed by atoms with Crippen LogP contribution in [0.3, 0.4) is 0 Å². The molecule has 0 aliphatic rings. The second kappa shape index (κ2) is 5.18. The second-order valence-corrected chi connectivity index (χ2v) is 3.71. The molecule has 92 valence electrons. The van der Waals surface area contributed by atoms with Gasteiger partial charge >= 0.3 is 5.97 Å². The number of hydrogen-bond acceptors (Lipinski definition) is 4. The Morgan fingerprint density at radius 3 is 2.78 bits per heavy atom. The molecule has 0 radical (unpaired) electrons. The summed E-state index contributed by atoms with van der Waals surface area (Å²) in [5.74, 6) is -1.40. The number of aromatic hydroxyl groups is 1. The number of hydrogen-bond donors (Lipinski definition) is 3. The summed E-state index contributed by atoms with van der Waals surface area (Å²) in [5, 5.41) is 21.3. The van der Waals surface area contributed by atoms with Crippen LogP contribution >= 0.6 is 0 Å². The summed E-state index contributed by atoms with van der Waals surface area (Å²) >= 11 is 0. The predicted octanol–water partition coefficient (Wildman–Crippen LogP) is 2.10. The normalized spacial score (nSPS) is 10.0. The number of nitrogens with one attached hydrogen (secondary N) is 1. The average Bonchev–Trinajstić information content (AvgIpc) is 2.38. The van der Waals surface area contributed by atoms with Gasteiger partial charge in [0.05, 0.1) is 12.2 Å². The molecule has 1 heterocycles. The number of carboxylic acid groups (broad SMARTS) is 1. The summed E-state index contributed by atoms with van der Waals surface area (Å²) in [7, 11) is 0. The van der Waals surface area contributed by atoms with Crippen molar-refractivity contribution in [1.29, 1.82) is 0 Å². The Morgan fingerprint density at radius 1 is 1.28 bits per heavy atom. The summed E-state index contributed by atoms with van der Waals surface area (Å²) < 4.78 is 0. The number of pyridine rings is 1. The number of rotatable bonds is 4. The molecule has 0 unspecified atom stereocenters. The van der Waals surface area contributed by atoms with Crippen LogP contribution in [-0.2, 0) is 6.54 Å². The van der Waals surface area contributed by atoms with Gasteiger partial charge in [-0.2, -0.15) is 0 Å². The molecule has 0 bridgehead atoms. The summed E-state index contributed by atoms with van der Waals surface area (Å²) in [6, 6.07) is 9.93. The summed E-state index contributed by atoms with van der Waals surface area (Å²) in [4.78, 5) is 15.0. The zero-order valence-electron chi connectivity index (χ0n) is 9.50. The van der Waals surface area contributed by atoms with Gasteiger partial charge in [0.1, 0.15) is 11.3 Å². The summed E-state index contributed by atoms with van der Waals surface area (Å²) in [6.45, 7) is 0.491. The maximum atomic E-state index is 10.8. The molecule has 0 aliphatic heterocycles. The largest absolute Gasteiger partial charge is 0.507 e. The fourth-order valence-corrected chi connectivity index (χ4v) is 1.51. The molecule has 0 fully saturated rings. The number of aromatic nitrogens is 1. The smallest absolute Gasteiger partial charge is 0.339 e. The lowest BCUT2D eigenvalue weighted by Crippen LogP contribution is -2.03. The SMILES string of the molecule is O=C(O)c1cc(NCc2ccccn2)ccc1O. The standard InChI is InChI=1S/C13H12N2O3/c16-12-5-4-9(7-11(12)13(17)18)15-8-10-3-1-2-6-14-10/h1-7,15-16H,8H2,(H,17,18). The minimum atomic E-state index is -1.16. The van der Waals surface area contributed by atoms with Crippen LogP contribution in [0.15, 0.2) is 42.6 Å². The van der Waals surface area contributed by atoms with E-state index >= 15 is 0 Å². The Bertz CT molecular complexity index is 555. The molecule has 0 amide bonds. The van der Waals surface area contributed by atoms with E-state index in [2.05, 4.69) is 10.3 Å². The lowest BCUT2D eigenvalue weighted by molar-refractivity contribution is 0.0694. The first-order chi connectivity index (χ1) is 8.66. The van der Waals surface area contributed by atoms with E-state index in [1.54, 1.807) is 12.3 Å². The van der Waals surface area contributed by atoms with Crippen molar-refractivity contribution in [1.82, 2.24) is 4.98 Å². The summed E-state index contributed by atoms with van der Waals surface area (Å²) in [6.07, 6.45) is 1.69. The number of aromatic carboxylic acids is 1. The first kappa shape index (κ1) is 11.9. The van der Waals surface area contributed by atoms with Gasteiger partial charge in [-0.05, 0) is 30.3 Å². The highest BCUT2D eigenvalue weighted by Crippen LogP contribution is 2.21. The van der Waals surface area contributed by atoms with Gasteiger partial charge in [-0.15, -0.1) is 0 Å². The number of benzene rings is 1. The molecule has 2 aromatic rings. The molecular weight excluding hydrogens is 232 g/mol. The lowest BCUT2D eigenvalue weighted by atomic mass is 10.2. The Labute approximate surface area is 104 Å². The highest BCUT2D eigenvalue weighted by Gasteiger charge is 2.09. The van der Waals surface area contributed by atoms with Crippen LogP contribution in [0.2, 0.25) is 0 Å². The second-order valence-electron chi connectivity index (χ2n) is 3.71. The third-order valence-electron chi connectivity index (χ3n) is 2.43. The molecule has 0 aliphatic carbocycles. The van der Waals surface area contributed by atoms with Gasteiger partial charge in [0.25, 0.3) is 0 Å². The van der Waals surface area contributed by atoms with Crippen LogP contribution in [-0.4, -0.2) is 21.2 Å². The van der Waals surface area contributed by atoms with Gasteiger partial charge in [-0.25, -0.2) is 4.79 Å². The van der Waals surface area contributed by atoms with Crippen LogP contribution in [0.1, 0.15) is 16.1 Å². The van der Waals surface area contributed by atoms with Gasteiger partial charge in [0.2, 0.25) is 0 Å². The molecule has 2 rings (SSSR count). The van der Waals surface area contributed by atoms with Crippen LogP contribution in [0.5, 0.6) is 5.75 Å². The van der Waals surface area contributed by atoms with Crippen molar-refractivity contribution in [3.05, 3.63) is 53.9 Å². The Balaban J connectivity index is 2.11. The maximum Gasteiger partial charge on any atom is 0.339 e. The Kier molecular flexibility index (Phi) is 3.43. The van der Waals surface area contributed by atoms with E-state index in [0.717, 1.165) is 5.69 Å². The van der Waals surface area contributed by atoms with E-state index < -0.39 is 5.97 Å². The van der Waals surface area contributed by atoms with Gasteiger partial charge in [-0.3, -0.25) is 4.98 Å². The molecular formula is C13H12N2O3. The minimum Gasteiger partial charge on any atom is -0.507 e. The third kappa shape index (κ3) is 2.76. The average molecular weight is 244 g/mol. The molecule has 18 heavy (non-hydrogen) atoms. The maximum absolute atomic E-state index is 10.8. The van der Waals surface area contributed by atoms with Crippen molar-refractivity contribution in [3.63, 3.8) is 0 Å². The van der Waals surface area contributed by atoms with Gasteiger partial charge in [-0.1, -0.05) is 6.07 Å². The van der Waals surface area contributed by atoms with Crippen LogP contribution in [0, 0.1) is 0 Å². The van der Waals surface area contributed by atoms with Crippen LogP contribution in [0.4, 0.5) is 5.69 Å². The van der Waals surface area contributed by atoms with Crippen molar-refractivity contribution < 1.29 is 15.0 Å². The molecule has 1 aromatic carbocycles. The molecule has 3 N–H and O–H groups in total. The molecule has 0 saturated carbocycles. The Morgan fingerprint density at radius 2 is 2.11 bits per heavy atom. The highest BCUT2D eigenvalue weighted by molar-refractivity contribution is 5.91. The molecule has 0 spiro atoms. The number of anilines is 1.